The molecule has 3 aromatic rings. The van der Waals surface area contributed by atoms with Crippen LogP contribution in [0.5, 0.6) is 0 Å². The number of nitrogens with zero attached hydrogens (tertiary/aromatic N) is 5. The van der Waals surface area contributed by atoms with Gasteiger partial charge in [-0.2, -0.15) is 0 Å². The first-order valence-electron chi connectivity index (χ1n) is 8.05. The van der Waals surface area contributed by atoms with Gasteiger partial charge in [-0.25, -0.2) is 15.3 Å². The molecule has 2 aliphatic rings. The van der Waals surface area contributed by atoms with Crippen LogP contribution < -0.4 is 10.2 Å². The van der Waals surface area contributed by atoms with Gasteiger partial charge in [-0.05, 0) is 30.5 Å². The zero-order valence-electron chi connectivity index (χ0n) is 12.6. The molecule has 3 aromatic heterocycles. The molecule has 6 heteroatoms. The summed E-state index contributed by atoms with van der Waals surface area (Å²) in [4.78, 5) is 18.8. The summed E-state index contributed by atoms with van der Waals surface area (Å²) in [6.07, 6.45) is 9.65. The van der Waals surface area contributed by atoms with Crippen molar-refractivity contribution in [3.05, 3.63) is 48.7 Å². The Morgan fingerprint density at radius 3 is 3.09 bits per heavy atom. The maximum absolute atomic E-state index is 4.97. The minimum atomic E-state index is 0.204. The molecule has 1 radical (unpaired) electrons. The molecular formula is C17H17N6. The maximum Gasteiger partial charge on any atom is 0.142 e. The summed E-state index contributed by atoms with van der Waals surface area (Å²) < 4.78 is 0. The number of nitrogens with one attached hydrogen (secondary N) is 1. The lowest BCUT2D eigenvalue weighted by molar-refractivity contribution is 0.374. The van der Waals surface area contributed by atoms with E-state index in [9.17, 15) is 0 Å². The van der Waals surface area contributed by atoms with Crippen molar-refractivity contribution in [3.8, 4) is 0 Å². The average molecular weight is 305 g/mol. The van der Waals surface area contributed by atoms with Gasteiger partial charge < -0.3 is 9.88 Å². The van der Waals surface area contributed by atoms with E-state index in [-0.39, 0.29) is 6.04 Å². The fraction of sp³-hybridized carbons (Fsp3) is 0.353. The zero-order chi connectivity index (χ0) is 15.2. The summed E-state index contributed by atoms with van der Waals surface area (Å²) in [5.74, 6) is 0.997. The van der Waals surface area contributed by atoms with Crippen LogP contribution in [0, 0.1) is 0 Å². The highest BCUT2D eigenvalue weighted by atomic mass is 15.3. The molecule has 0 amide bonds. The lowest BCUT2D eigenvalue weighted by atomic mass is 9.97. The van der Waals surface area contributed by atoms with Crippen LogP contribution in [0.3, 0.4) is 0 Å². The monoisotopic (exact) mass is 305 g/mol. The van der Waals surface area contributed by atoms with Crippen molar-refractivity contribution in [1.29, 1.82) is 0 Å². The zero-order valence-corrected chi connectivity index (χ0v) is 12.6. The van der Waals surface area contributed by atoms with Gasteiger partial charge in [-0.1, -0.05) is 6.07 Å². The third-order valence-corrected chi connectivity index (χ3v) is 4.94. The molecule has 115 valence electrons. The van der Waals surface area contributed by atoms with Gasteiger partial charge in [0.15, 0.2) is 0 Å². The molecule has 2 saturated heterocycles. The minimum Gasteiger partial charge on any atom is -0.346 e. The number of aromatic nitrogens is 4. The van der Waals surface area contributed by atoms with Crippen LogP contribution in [0.2, 0.25) is 0 Å². The number of anilines is 1. The number of aromatic amines is 1. The molecule has 1 N–H and O–H groups in total. The van der Waals surface area contributed by atoms with Crippen LogP contribution in [0.15, 0.2) is 43.1 Å². The van der Waals surface area contributed by atoms with Crippen LogP contribution in [0.4, 0.5) is 5.82 Å². The van der Waals surface area contributed by atoms with Gasteiger partial charge in [0.05, 0.1) is 11.4 Å². The number of piperazine rings is 1. The number of fused-ring (bicyclic) bond motifs is 3. The second-order valence-corrected chi connectivity index (χ2v) is 6.27. The van der Waals surface area contributed by atoms with Crippen molar-refractivity contribution >= 4 is 16.9 Å². The topological polar surface area (TPSA) is 71.8 Å². The highest BCUT2D eigenvalue weighted by Gasteiger charge is 2.43. The molecule has 0 saturated carbocycles. The number of hydrogen-bond acceptors (Lipinski definition) is 4. The fourth-order valence-corrected chi connectivity index (χ4v) is 3.97. The molecule has 3 atom stereocenters. The van der Waals surface area contributed by atoms with Gasteiger partial charge in [0.25, 0.3) is 0 Å². The lowest BCUT2D eigenvalue weighted by Gasteiger charge is -2.41. The van der Waals surface area contributed by atoms with Gasteiger partial charge >= 0.3 is 0 Å². The van der Waals surface area contributed by atoms with Crippen LogP contribution in [-0.4, -0.2) is 38.6 Å². The van der Waals surface area contributed by atoms with Crippen molar-refractivity contribution in [2.75, 3.05) is 11.4 Å². The molecule has 0 spiro atoms. The summed E-state index contributed by atoms with van der Waals surface area (Å²) in [5, 5.41) is 6.05. The predicted molar refractivity (Wildman–Crippen MR) is 87.2 cm³/mol. The molecule has 5 rings (SSSR count). The van der Waals surface area contributed by atoms with E-state index < -0.39 is 0 Å². The number of rotatable bonds is 2. The van der Waals surface area contributed by atoms with Crippen molar-refractivity contribution < 1.29 is 0 Å². The Hall–Kier alpha value is -2.47. The van der Waals surface area contributed by atoms with Gasteiger partial charge in [0.2, 0.25) is 0 Å². The third kappa shape index (κ3) is 2.02. The Kier molecular flexibility index (Phi) is 2.84. The molecule has 0 aromatic carbocycles. The predicted octanol–water partition coefficient (Wildman–Crippen LogP) is 2.05. The molecule has 0 aliphatic carbocycles. The summed E-state index contributed by atoms with van der Waals surface area (Å²) in [5.41, 5.74) is 2.10. The summed E-state index contributed by atoms with van der Waals surface area (Å²) in [7, 11) is 0. The highest BCUT2D eigenvalue weighted by Crippen LogP contribution is 2.40. The van der Waals surface area contributed by atoms with Crippen molar-refractivity contribution in [2.45, 2.75) is 31.0 Å². The first-order chi connectivity index (χ1) is 11.4. The largest absolute Gasteiger partial charge is 0.346 e. The quantitative estimate of drug-likeness (QED) is 0.786. The maximum atomic E-state index is 4.97. The van der Waals surface area contributed by atoms with E-state index >= 15 is 0 Å². The van der Waals surface area contributed by atoms with E-state index in [4.69, 9.17) is 5.32 Å². The van der Waals surface area contributed by atoms with E-state index in [0.717, 1.165) is 29.8 Å². The molecule has 3 unspecified atom stereocenters. The second kappa shape index (κ2) is 5.03. The molecule has 2 aliphatic heterocycles. The standard InChI is InChI=1S/C17H17N6/c1-2-11(8-18-6-1)15-14-4-3-12(22-14)9-23(15)17-13-5-7-19-16(13)20-10-21-17/h1-2,5-8,10,12,14-15H,3-4,9H2,(H,19,20,21). The van der Waals surface area contributed by atoms with Crippen LogP contribution in [0.25, 0.3) is 11.0 Å². The first-order valence-corrected chi connectivity index (χ1v) is 8.05. The lowest BCUT2D eigenvalue weighted by Crippen LogP contribution is -2.50. The van der Waals surface area contributed by atoms with Crippen molar-refractivity contribution in [3.63, 3.8) is 0 Å². The second-order valence-electron chi connectivity index (χ2n) is 6.27. The fourth-order valence-electron chi connectivity index (χ4n) is 3.97. The smallest absolute Gasteiger partial charge is 0.142 e. The van der Waals surface area contributed by atoms with Gasteiger partial charge in [0.1, 0.15) is 17.8 Å². The SMILES string of the molecule is c1cncc(C2C3CCC(CN2c2ncnc4[nH]ccc24)[N]3)c1. The van der Waals surface area contributed by atoms with E-state index in [1.807, 2.05) is 24.7 Å². The molecule has 2 fully saturated rings. The van der Waals surface area contributed by atoms with Crippen LogP contribution in [0.1, 0.15) is 24.4 Å². The molecule has 2 bridgehead atoms. The molecule has 5 heterocycles. The Morgan fingerprint density at radius 2 is 2.17 bits per heavy atom. The van der Waals surface area contributed by atoms with Crippen molar-refractivity contribution in [1.82, 2.24) is 25.3 Å². The Labute approximate surface area is 134 Å². The van der Waals surface area contributed by atoms with Gasteiger partial charge in [-0.3, -0.25) is 4.98 Å². The Bertz CT molecular complexity index is 829. The summed E-state index contributed by atoms with van der Waals surface area (Å²) >= 11 is 0. The van der Waals surface area contributed by atoms with E-state index in [2.05, 4.69) is 37.0 Å². The Balaban J connectivity index is 1.66. The summed E-state index contributed by atoms with van der Waals surface area (Å²) in [6.45, 7) is 0.910. The van der Waals surface area contributed by atoms with Gasteiger partial charge in [0, 0.05) is 37.2 Å². The first kappa shape index (κ1) is 13.0. The minimum absolute atomic E-state index is 0.204. The average Bonchev–Trinajstić information content (AvgIpc) is 3.22. The number of H-pyrrole nitrogens is 1. The summed E-state index contributed by atoms with van der Waals surface area (Å²) in [6, 6.07) is 7.14. The molecular weight excluding hydrogens is 288 g/mol. The molecule has 23 heavy (non-hydrogen) atoms. The van der Waals surface area contributed by atoms with E-state index in [1.54, 1.807) is 6.33 Å². The molecule has 6 nitrogen and oxygen atoms in total. The number of hydrogen-bond donors (Lipinski definition) is 1. The van der Waals surface area contributed by atoms with Crippen molar-refractivity contribution in [2.24, 2.45) is 0 Å². The highest BCUT2D eigenvalue weighted by molar-refractivity contribution is 5.87. The van der Waals surface area contributed by atoms with Crippen LogP contribution in [-0.2, 0) is 0 Å². The van der Waals surface area contributed by atoms with E-state index in [1.165, 1.54) is 12.0 Å². The van der Waals surface area contributed by atoms with Crippen LogP contribution >= 0.6 is 0 Å². The normalized spacial score (nSPS) is 26.8. The van der Waals surface area contributed by atoms with E-state index in [0.29, 0.717) is 12.1 Å². The Morgan fingerprint density at radius 1 is 1.17 bits per heavy atom. The van der Waals surface area contributed by atoms with Gasteiger partial charge in [-0.15, -0.1) is 0 Å². The third-order valence-electron chi connectivity index (χ3n) is 4.94. The number of pyridine rings is 1.